The molecule has 130 valence electrons. The molecule has 0 unspecified atom stereocenters. The minimum absolute atomic E-state index is 0.0515. The summed E-state index contributed by atoms with van der Waals surface area (Å²) in [6.45, 7) is 2.22. The summed E-state index contributed by atoms with van der Waals surface area (Å²) in [5.74, 6) is 1.75. The predicted octanol–water partition coefficient (Wildman–Crippen LogP) is 3.36. The molecule has 0 spiro atoms. The molecule has 0 saturated carbocycles. The van der Waals surface area contributed by atoms with Crippen LogP contribution in [0.4, 0.5) is 0 Å². The van der Waals surface area contributed by atoms with Crippen LogP contribution in [-0.4, -0.2) is 23.2 Å². The zero-order valence-corrected chi connectivity index (χ0v) is 14.9. The van der Waals surface area contributed by atoms with E-state index in [0.717, 1.165) is 21.8 Å². The molecule has 0 aliphatic heterocycles. The third kappa shape index (κ3) is 4.45. The second-order valence-electron chi connectivity index (χ2n) is 5.57. The maximum absolute atomic E-state index is 12.0. The highest BCUT2D eigenvalue weighted by Crippen LogP contribution is 2.21. The molecule has 0 fully saturated rings. The number of rotatable bonds is 7. The van der Waals surface area contributed by atoms with Gasteiger partial charge in [0.1, 0.15) is 5.75 Å². The molecule has 0 aliphatic carbocycles. The summed E-state index contributed by atoms with van der Waals surface area (Å²) in [4.78, 5) is 17.2. The minimum atomic E-state index is -0.0515. The van der Waals surface area contributed by atoms with Gasteiger partial charge in [-0.3, -0.25) is 4.79 Å². The number of ether oxygens (including phenoxy) is 1. The highest BCUT2D eigenvalue weighted by Gasteiger charge is 2.11. The first-order valence-corrected chi connectivity index (χ1v) is 8.80. The van der Waals surface area contributed by atoms with Crippen LogP contribution < -0.4 is 10.1 Å². The maximum atomic E-state index is 12.0. The molecule has 1 amide bonds. The van der Waals surface area contributed by atoms with Crippen molar-refractivity contribution in [2.24, 2.45) is 0 Å². The summed E-state index contributed by atoms with van der Waals surface area (Å²) < 4.78 is 10.4. The molecule has 0 bridgehead atoms. The third-order valence-corrected chi connectivity index (χ3v) is 4.61. The number of benzene rings is 1. The van der Waals surface area contributed by atoms with Gasteiger partial charge < -0.3 is 14.6 Å². The van der Waals surface area contributed by atoms with E-state index in [0.29, 0.717) is 24.6 Å². The van der Waals surface area contributed by atoms with Gasteiger partial charge >= 0.3 is 0 Å². The zero-order chi connectivity index (χ0) is 17.6. The second-order valence-corrected chi connectivity index (χ2v) is 6.52. The number of hydrogen-bond donors (Lipinski definition) is 1. The van der Waals surface area contributed by atoms with Crippen molar-refractivity contribution >= 4 is 17.2 Å². The lowest BCUT2D eigenvalue weighted by molar-refractivity contribution is -0.121. The van der Waals surface area contributed by atoms with E-state index >= 15 is 0 Å². The molecular weight excluding hydrogens is 338 g/mol. The van der Waals surface area contributed by atoms with Crippen LogP contribution in [0.2, 0.25) is 0 Å². The molecule has 0 atom stereocenters. The van der Waals surface area contributed by atoms with Crippen molar-refractivity contribution < 1.29 is 14.1 Å². The smallest absolute Gasteiger partial charge is 0.246 e. The van der Waals surface area contributed by atoms with E-state index in [-0.39, 0.29) is 12.5 Å². The topological polar surface area (TPSA) is 77.2 Å². The first kappa shape index (κ1) is 17.2. The van der Waals surface area contributed by atoms with Crippen LogP contribution in [0.3, 0.4) is 0 Å². The van der Waals surface area contributed by atoms with Gasteiger partial charge in [0.05, 0.1) is 18.5 Å². The number of aryl methyl sites for hydroxylation is 2. The number of amides is 1. The van der Waals surface area contributed by atoms with E-state index in [4.69, 9.17) is 9.26 Å². The first-order chi connectivity index (χ1) is 12.2. The van der Waals surface area contributed by atoms with Crippen molar-refractivity contribution in [1.82, 2.24) is 15.5 Å². The van der Waals surface area contributed by atoms with Gasteiger partial charge in [0.25, 0.3) is 0 Å². The van der Waals surface area contributed by atoms with Crippen molar-refractivity contribution in [2.45, 2.75) is 26.3 Å². The lowest BCUT2D eigenvalue weighted by Crippen LogP contribution is -2.23. The fraction of sp³-hybridized carbons (Fsp3) is 0.278. The van der Waals surface area contributed by atoms with Gasteiger partial charge in [-0.2, -0.15) is 4.98 Å². The van der Waals surface area contributed by atoms with Gasteiger partial charge in [0.2, 0.25) is 17.6 Å². The Kier molecular flexibility index (Phi) is 5.45. The maximum Gasteiger partial charge on any atom is 0.246 e. The van der Waals surface area contributed by atoms with E-state index < -0.39 is 0 Å². The van der Waals surface area contributed by atoms with Gasteiger partial charge in [0, 0.05) is 6.42 Å². The molecule has 0 radical (unpaired) electrons. The second kappa shape index (κ2) is 7.94. The lowest BCUT2D eigenvalue weighted by Gasteiger charge is -2.07. The average Bonchev–Trinajstić information content (AvgIpc) is 3.29. The van der Waals surface area contributed by atoms with Gasteiger partial charge in [-0.05, 0) is 42.0 Å². The molecule has 2 heterocycles. The summed E-state index contributed by atoms with van der Waals surface area (Å²) in [6.07, 6.45) is 1.07. The average molecular weight is 357 g/mol. The molecule has 25 heavy (non-hydrogen) atoms. The number of nitrogens with zero attached hydrogens (tertiary/aromatic N) is 2. The van der Waals surface area contributed by atoms with Crippen LogP contribution in [0.5, 0.6) is 5.75 Å². The predicted molar refractivity (Wildman–Crippen MR) is 95.5 cm³/mol. The van der Waals surface area contributed by atoms with Crippen LogP contribution >= 0.6 is 11.3 Å². The highest BCUT2D eigenvalue weighted by molar-refractivity contribution is 7.13. The van der Waals surface area contributed by atoms with E-state index in [1.54, 1.807) is 18.4 Å². The van der Waals surface area contributed by atoms with Crippen LogP contribution in [-0.2, 0) is 17.8 Å². The third-order valence-electron chi connectivity index (χ3n) is 3.75. The van der Waals surface area contributed by atoms with Crippen LogP contribution in [0.15, 0.2) is 40.2 Å². The molecule has 6 nitrogen and oxygen atoms in total. The summed E-state index contributed by atoms with van der Waals surface area (Å²) in [6, 6.07) is 9.79. The monoisotopic (exact) mass is 357 g/mol. The summed E-state index contributed by atoms with van der Waals surface area (Å²) in [7, 11) is 1.65. The first-order valence-electron chi connectivity index (χ1n) is 7.92. The fourth-order valence-corrected chi connectivity index (χ4v) is 3.10. The van der Waals surface area contributed by atoms with Crippen molar-refractivity contribution in [3.8, 4) is 16.5 Å². The Morgan fingerprint density at radius 1 is 1.36 bits per heavy atom. The number of carbonyl (C=O) groups is 1. The van der Waals surface area contributed by atoms with Gasteiger partial charge in [-0.1, -0.05) is 23.4 Å². The van der Waals surface area contributed by atoms with Crippen LogP contribution in [0, 0.1) is 6.92 Å². The minimum Gasteiger partial charge on any atom is -0.496 e. The number of aromatic nitrogens is 2. The molecule has 2 aromatic heterocycles. The van der Waals surface area contributed by atoms with Crippen molar-refractivity contribution in [1.29, 1.82) is 0 Å². The molecule has 3 aromatic rings. The molecule has 0 saturated heterocycles. The summed E-state index contributed by atoms with van der Waals surface area (Å²) >= 11 is 1.54. The Morgan fingerprint density at radius 3 is 2.96 bits per heavy atom. The lowest BCUT2D eigenvalue weighted by atomic mass is 10.1. The zero-order valence-electron chi connectivity index (χ0n) is 14.1. The summed E-state index contributed by atoms with van der Waals surface area (Å²) in [5, 5.41) is 8.68. The molecule has 0 aliphatic rings. The van der Waals surface area contributed by atoms with E-state index in [2.05, 4.69) is 15.5 Å². The molecule has 3 rings (SSSR count). The van der Waals surface area contributed by atoms with Crippen molar-refractivity contribution in [3.05, 3.63) is 52.7 Å². The number of carbonyl (C=O) groups excluding carboxylic acids is 1. The van der Waals surface area contributed by atoms with Crippen LogP contribution in [0.1, 0.15) is 23.4 Å². The molecular formula is C18H19N3O3S. The largest absolute Gasteiger partial charge is 0.496 e. The number of hydrogen-bond acceptors (Lipinski definition) is 6. The fourth-order valence-electron chi connectivity index (χ4n) is 2.45. The Balaban J connectivity index is 1.47. The Bertz CT molecular complexity index is 843. The normalized spacial score (nSPS) is 10.6. The van der Waals surface area contributed by atoms with Gasteiger partial charge in [-0.15, -0.1) is 11.3 Å². The van der Waals surface area contributed by atoms with Crippen LogP contribution in [0.25, 0.3) is 10.7 Å². The Hall–Kier alpha value is -2.67. The van der Waals surface area contributed by atoms with E-state index in [9.17, 15) is 4.79 Å². The Morgan fingerprint density at radius 2 is 2.24 bits per heavy atom. The number of methoxy groups -OCH3 is 1. The standard InChI is InChI=1S/C18H19N3O3S/c1-12-10-13(5-7-14(12)23-2)6-8-16(22)19-11-17-20-18(21-24-17)15-4-3-9-25-15/h3-5,7,9-10H,6,8,11H2,1-2H3,(H,19,22). The molecule has 7 heteroatoms. The Labute approximate surface area is 149 Å². The van der Waals surface area contributed by atoms with Gasteiger partial charge in [0.15, 0.2) is 0 Å². The van der Waals surface area contributed by atoms with E-state index in [1.807, 2.05) is 42.6 Å². The summed E-state index contributed by atoms with van der Waals surface area (Å²) in [5.41, 5.74) is 2.17. The van der Waals surface area contributed by atoms with E-state index in [1.165, 1.54) is 0 Å². The van der Waals surface area contributed by atoms with Crippen molar-refractivity contribution in [3.63, 3.8) is 0 Å². The highest BCUT2D eigenvalue weighted by atomic mass is 32.1. The SMILES string of the molecule is COc1ccc(CCC(=O)NCc2nc(-c3cccs3)no2)cc1C. The van der Waals surface area contributed by atoms with Crippen molar-refractivity contribution in [2.75, 3.05) is 7.11 Å². The number of nitrogens with one attached hydrogen (secondary N) is 1. The number of thiophene rings is 1. The van der Waals surface area contributed by atoms with Gasteiger partial charge in [-0.25, -0.2) is 0 Å². The molecule has 1 N–H and O–H groups in total. The quantitative estimate of drug-likeness (QED) is 0.701. The molecule has 1 aromatic carbocycles.